The van der Waals surface area contributed by atoms with E-state index in [-0.39, 0.29) is 41.9 Å². The highest BCUT2D eigenvalue weighted by molar-refractivity contribution is 5.90. The topological polar surface area (TPSA) is 131 Å². The monoisotopic (exact) mass is 545 g/mol. The zero-order valence-electron chi connectivity index (χ0n) is 22.4. The van der Waals surface area contributed by atoms with E-state index in [1.54, 1.807) is 23.6 Å². The number of likely N-dealkylation sites (tertiary alicyclic amines) is 1. The first-order valence-electron chi connectivity index (χ1n) is 13.6. The van der Waals surface area contributed by atoms with Gasteiger partial charge in [-0.2, -0.15) is 0 Å². The molecule has 1 aromatic carbocycles. The van der Waals surface area contributed by atoms with E-state index in [1.165, 1.54) is 6.42 Å². The lowest BCUT2D eigenvalue weighted by molar-refractivity contribution is -0.172. The summed E-state index contributed by atoms with van der Waals surface area (Å²) >= 11 is 0. The zero-order valence-corrected chi connectivity index (χ0v) is 22.4. The van der Waals surface area contributed by atoms with Gasteiger partial charge in [0.1, 0.15) is 19.0 Å². The number of carbonyl (C=O) groups is 2. The fourth-order valence-electron chi connectivity index (χ4n) is 5.98. The molecule has 0 bridgehead atoms. The number of carboxylic acid groups (broad SMARTS) is 1. The van der Waals surface area contributed by atoms with Gasteiger partial charge in [-0.3, -0.25) is 9.69 Å². The van der Waals surface area contributed by atoms with Gasteiger partial charge in [-0.05, 0) is 62.2 Å². The molecule has 3 aliphatic heterocycles. The number of rotatable bonds is 7. The number of ether oxygens (including phenoxy) is 2. The molecule has 0 aliphatic carbocycles. The highest BCUT2D eigenvalue weighted by Gasteiger charge is 2.45. The Kier molecular flexibility index (Phi) is 6.47. The number of aliphatic carboxylic acids is 1. The second-order valence-electron chi connectivity index (χ2n) is 10.7. The van der Waals surface area contributed by atoms with Gasteiger partial charge in [0.05, 0.1) is 34.6 Å². The number of benzene rings is 1. The number of pyridine rings is 2. The molecule has 2 N–H and O–H groups in total. The Morgan fingerprint density at radius 3 is 2.67 bits per heavy atom. The van der Waals surface area contributed by atoms with E-state index >= 15 is 0 Å². The Balaban J connectivity index is 1.50. The Morgan fingerprint density at radius 2 is 1.95 bits per heavy atom. The van der Waals surface area contributed by atoms with Gasteiger partial charge >= 0.3 is 11.9 Å². The second kappa shape index (κ2) is 9.87. The van der Waals surface area contributed by atoms with Crippen molar-refractivity contribution in [2.24, 2.45) is 0 Å². The van der Waals surface area contributed by atoms with Gasteiger partial charge in [-0.25, -0.2) is 14.6 Å². The number of aliphatic hydroxyl groups is 1. The largest absolute Gasteiger partial charge is 0.489 e. The summed E-state index contributed by atoms with van der Waals surface area (Å²) in [5, 5.41) is 21.2. The van der Waals surface area contributed by atoms with E-state index < -0.39 is 17.5 Å². The molecule has 0 spiro atoms. The van der Waals surface area contributed by atoms with Crippen LogP contribution in [0, 0.1) is 0 Å². The quantitative estimate of drug-likeness (QED) is 0.266. The van der Waals surface area contributed by atoms with Crippen LogP contribution in [0.4, 0.5) is 0 Å². The number of fused-ring (bicyclic) bond motifs is 5. The normalized spacial score (nSPS) is 20.0. The number of cyclic esters (lactones) is 1. The first-order chi connectivity index (χ1) is 19.2. The number of hydrogen-bond donors (Lipinski definition) is 2. The van der Waals surface area contributed by atoms with Crippen molar-refractivity contribution in [2.45, 2.75) is 57.9 Å². The third kappa shape index (κ3) is 4.18. The van der Waals surface area contributed by atoms with E-state index in [9.17, 15) is 19.5 Å². The number of piperidine rings is 1. The van der Waals surface area contributed by atoms with Crippen LogP contribution in [-0.2, 0) is 39.6 Å². The molecule has 10 heteroatoms. The molecular weight excluding hydrogens is 514 g/mol. The smallest absolute Gasteiger partial charge is 0.343 e. The van der Waals surface area contributed by atoms with Crippen molar-refractivity contribution in [2.75, 3.05) is 19.7 Å². The summed E-state index contributed by atoms with van der Waals surface area (Å²) in [6.45, 7) is 7.81. The maximum absolute atomic E-state index is 13.7. The first-order valence-corrected chi connectivity index (χ1v) is 13.6. The van der Waals surface area contributed by atoms with E-state index in [0.29, 0.717) is 35.7 Å². The third-order valence-electron chi connectivity index (χ3n) is 8.32. The van der Waals surface area contributed by atoms with Gasteiger partial charge in [-0.15, -0.1) is 0 Å². The van der Waals surface area contributed by atoms with Crippen LogP contribution in [0.15, 0.2) is 41.2 Å². The van der Waals surface area contributed by atoms with Crippen molar-refractivity contribution < 1.29 is 29.3 Å². The Bertz CT molecular complexity index is 1640. The average molecular weight is 546 g/mol. The van der Waals surface area contributed by atoms with Crippen LogP contribution in [-0.4, -0.2) is 56.3 Å². The van der Waals surface area contributed by atoms with Crippen molar-refractivity contribution in [3.05, 3.63) is 69.0 Å². The minimum atomic E-state index is -1.88. The lowest BCUT2D eigenvalue weighted by Gasteiger charge is -2.31. The molecule has 0 amide bonds. The molecule has 1 saturated heterocycles. The lowest BCUT2D eigenvalue weighted by atomic mass is 9.86. The van der Waals surface area contributed by atoms with Gasteiger partial charge in [0.15, 0.2) is 5.60 Å². The van der Waals surface area contributed by atoms with Crippen molar-refractivity contribution in [1.29, 1.82) is 0 Å². The maximum Gasteiger partial charge on any atom is 0.343 e. The molecule has 1 atom stereocenters. The second-order valence-corrected chi connectivity index (χ2v) is 10.7. The van der Waals surface area contributed by atoms with E-state index in [4.69, 9.17) is 19.6 Å². The Morgan fingerprint density at radius 1 is 1.18 bits per heavy atom. The molecule has 1 fully saturated rings. The molecule has 3 aromatic rings. The molecule has 2 aromatic heterocycles. The van der Waals surface area contributed by atoms with Crippen LogP contribution in [0.5, 0.6) is 5.75 Å². The Hall–Kier alpha value is -4.02. The summed E-state index contributed by atoms with van der Waals surface area (Å²) in [7, 11) is 0. The molecule has 3 aliphatic rings. The maximum atomic E-state index is 13.7. The minimum Gasteiger partial charge on any atom is -0.489 e. The number of aromatic nitrogens is 2. The molecule has 0 unspecified atom stereocenters. The molecule has 10 nitrogen and oxygen atoms in total. The van der Waals surface area contributed by atoms with Crippen LogP contribution in [0.25, 0.3) is 22.3 Å². The predicted octanol–water partition coefficient (Wildman–Crippen LogP) is 3.09. The van der Waals surface area contributed by atoms with Crippen molar-refractivity contribution in [3.63, 3.8) is 0 Å². The van der Waals surface area contributed by atoms with Gasteiger partial charge in [0.2, 0.25) is 0 Å². The molecule has 0 saturated carbocycles. The van der Waals surface area contributed by atoms with Crippen molar-refractivity contribution in [1.82, 2.24) is 14.5 Å². The van der Waals surface area contributed by atoms with Crippen molar-refractivity contribution in [3.8, 4) is 17.1 Å². The molecule has 208 valence electrons. The third-order valence-corrected chi connectivity index (χ3v) is 8.32. The minimum absolute atomic E-state index is 0.0472. The fraction of sp³-hybridized carbons (Fsp3) is 0.400. The van der Waals surface area contributed by atoms with Gasteiger partial charge in [0.25, 0.3) is 5.56 Å². The predicted molar refractivity (Wildman–Crippen MR) is 146 cm³/mol. The number of carbonyl (C=O) groups excluding carboxylic acids is 1. The van der Waals surface area contributed by atoms with Crippen molar-refractivity contribution >= 4 is 22.8 Å². The van der Waals surface area contributed by atoms with Gasteiger partial charge < -0.3 is 24.3 Å². The fourth-order valence-corrected chi connectivity index (χ4v) is 5.98. The lowest BCUT2D eigenvalue weighted by Crippen LogP contribution is -2.44. The summed E-state index contributed by atoms with van der Waals surface area (Å²) in [5.41, 5.74) is 2.23. The standard InChI is InChI=1S/C30H31N3O7/c1-3-30(38)23-12-25-26-21(14-33(25)27(34)22(23)16-40-29(30)37)20(13-32-9-5-4-6-10-32)19-11-18(7-8-24(19)31-26)39-15-17(2)28(35)36/h7-8,11-12,38H,2-6,9-10,13-16H2,1H3,(H,35,36)/t30-/m0/s1. The average Bonchev–Trinajstić information content (AvgIpc) is 3.33. The summed E-state index contributed by atoms with van der Waals surface area (Å²) in [5.74, 6) is -1.36. The molecule has 40 heavy (non-hydrogen) atoms. The first kappa shape index (κ1) is 26.2. The van der Waals surface area contributed by atoms with Crippen LogP contribution >= 0.6 is 0 Å². The van der Waals surface area contributed by atoms with E-state index in [2.05, 4.69) is 11.5 Å². The SMILES string of the molecule is C=C(COc1ccc2nc3c(c(CN4CCCCC4)c2c1)Cn1c-3cc2c(c1=O)COC(=O)[C@]2(O)CC)C(=O)O. The summed E-state index contributed by atoms with van der Waals surface area (Å²) in [6, 6.07) is 7.16. The number of esters is 1. The van der Waals surface area contributed by atoms with Gasteiger partial charge in [0, 0.05) is 23.1 Å². The van der Waals surface area contributed by atoms with Crippen LogP contribution < -0.4 is 10.3 Å². The van der Waals surface area contributed by atoms with Gasteiger partial charge in [-0.1, -0.05) is 19.9 Å². The Labute approximate surface area is 230 Å². The van der Waals surface area contributed by atoms with Crippen LogP contribution in [0.1, 0.15) is 54.9 Å². The molecule has 5 heterocycles. The highest BCUT2D eigenvalue weighted by atomic mass is 16.6. The highest BCUT2D eigenvalue weighted by Crippen LogP contribution is 2.41. The molecular formula is C30H31N3O7. The summed E-state index contributed by atoms with van der Waals surface area (Å²) < 4.78 is 12.6. The number of carboxylic acids is 1. The van der Waals surface area contributed by atoms with E-state index in [0.717, 1.165) is 42.4 Å². The number of nitrogens with zero attached hydrogens (tertiary/aromatic N) is 3. The van der Waals surface area contributed by atoms with E-state index in [1.807, 2.05) is 12.1 Å². The molecule has 0 radical (unpaired) electrons. The number of hydrogen-bond acceptors (Lipinski definition) is 8. The summed E-state index contributed by atoms with van der Waals surface area (Å²) in [6.07, 6.45) is 3.52. The van der Waals surface area contributed by atoms with Crippen LogP contribution in [0.2, 0.25) is 0 Å². The zero-order chi connectivity index (χ0) is 28.2. The van der Waals surface area contributed by atoms with Crippen LogP contribution in [0.3, 0.4) is 0 Å². The summed E-state index contributed by atoms with van der Waals surface area (Å²) in [4.78, 5) is 44.7. The molecule has 6 rings (SSSR count).